The molecule has 0 spiro atoms. The van der Waals surface area contributed by atoms with E-state index in [1.54, 1.807) is 0 Å². The Morgan fingerprint density at radius 3 is 1.86 bits per heavy atom. The molecule has 0 N–H and O–H groups in total. The molecule has 168 valence electrons. The summed E-state index contributed by atoms with van der Waals surface area (Å²) >= 11 is 0. The van der Waals surface area contributed by atoms with Gasteiger partial charge in [0.05, 0.1) is 0 Å². The van der Waals surface area contributed by atoms with Gasteiger partial charge in [-0.05, 0) is 17.7 Å². The topological polar surface area (TPSA) is 0 Å². The van der Waals surface area contributed by atoms with Crippen molar-refractivity contribution in [2.45, 2.75) is 162 Å². The molecule has 3 atom stereocenters. The Hall–Kier alpha value is 0. The van der Waals surface area contributed by atoms with E-state index in [1.165, 1.54) is 103 Å². The highest BCUT2D eigenvalue weighted by atomic mass is 14.3. The van der Waals surface area contributed by atoms with Gasteiger partial charge in [-0.3, -0.25) is 0 Å². The number of unbranched alkanes of at least 4 members (excludes halogenated alkanes) is 13. The van der Waals surface area contributed by atoms with Crippen LogP contribution in [0.25, 0.3) is 0 Å². The van der Waals surface area contributed by atoms with Gasteiger partial charge < -0.3 is 0 Å². The van der Waals surface area contributed by atoms with Crippen LogP contribution in [0.15, 0.2) is 0 Å². The van der Waals surface area contributed by atoms with E-state index in [1.807, 2.05) is 0 Å². The van der Waals surface area contributed by atoms with Gasteiger partial charge in [0.25, 0.3) is 0 Å². The van der Waals surface area contributed by atoms with Gasteiger partial charge in [-0.1, -0.05) is 162 Å². The minimum absolute atomic E-state index is 0.0290. The molecule has 0 radical (unpaired) electrons. The highest BCUT2D eigenvalue weighted by Gasteiger charge is 2.23. The van der Waals surface area contributed by atoms with E-state index < -0.39 is 0 Å². The molecule has 28 heavy (non-hydrogen) atoms. The summed E-state index contributed by atoms with van der Waals surface area (Å²) in [5.74, 6) is 0.903. The first-order valence-corrected chi connectivity index (χ1v) is 13.4. The maximum atomic E-state index is 9.19. The van der Waals surface area contributed by atoms with Crippen LogP contribution in [0.5, 0.6) is 0 Å². The van der Waals surface area contributed by atoms with Crippen molar-refractivity contribution in [1.29, 1.82) is 0 Å². The second-order valence-corrected chi connectivity index (χ2v) is 10.1. The highest BCUT2D eigenvalue weighted by Crippen LogP contribution is 2.37. The average Bonchev–Trinajstić information content (AvgIpc) is 2.70. The SMILES string of the molecule is [2H]C1CCCC([2H])(CCCCCCCCCC)C1CCCCCCCCCC(C)C. The van der Waals surface area contributed by atoms with Gasteiger partial charge in [-0.2, -0.15) is 0 Å². The van der Waals surface area contributed by atoms with Crippen LogP contribution in [-0.2, 0) is 0 Å². The van der Waals surface area contributed by atoms with Gasteiger partial charge in [0.2, 0.25) is 0 Å². The maximum Gasteiger partial charge on any atom is 0.0306 e. The van der Waals surface area contributed by atoms with Gasteiger partial charge in [0, 0.05) is 2.74 Å². The molecule has 1 saturated carbocycles. The highest BCUT2D eigenvalue weighted by molar-refractivity contribution is 4.75. The predicted molar refractivity (Wildman–Crippen MR) is 129 cm³/mol. The molecule has 0 aliphatic heterocycles. The molecule has 0 heterocycles. The van der Waals surface area contributed by atoms with Crippen molar-refractivity contribution in [3.8, 4) is 0 Å². The van der Waals surface area contributed by atoms with Crippen LogP contribution in [-0.4, -0.2) is 0 Å². The van der Waals surface area contributed by atoms with E-state index in [-0.39, 0.29) is 12.3 Å². The van der Waals surface area contributed by atoms with E-state index >= 15 is 0 Å². The molecular formula is C28H56. The van der Waals surface area contributed by atoms with E-state index in [2.05, 4.69) is 20.8 Å². The Kier molecular flexibility index (Phi) is 15.4. The molecule has 3 unspecified atom stereocenters. The van der Waals surface area contributed by atoms with Crippen LogP contribution in [0.4, 0.5) is 0 Å². The molecule has 0 aromatic heterocycles. The van der Waals surface area contributed by atoms with E-state index in [0.29, 0.717) is 5.92 Å². The zero-order valence-electron chi connectivity index (χ0n) is 22.1. The molecular weight excluding hydrogens is 336 g/mol. The van der Waals surface area contributed by atoms with Crippen LogP contribution in [0, 0.1) is 17.7 Å². The average molecular weight is 395 g/mol. The van der Waals surface area contributed by atoms with Crippen molar-refractivity contribution < 1.29 is 2.74 Å². The lowest BCUT2D eigenvalue weighted by Gasteiger charge is -2.32. The summed E-state index contributed by atoms with van der Waals surface area (Å²) in [6, 6.07) is 0. The molecule has 0 aromatic rings. The molecule has 0 bridgehead atoms. The van der Waals surface area contributed by atoms with Crippen molar-refractivity contribution >= 4 is 0 Å². The molecule has 1 aliphatic carbocycles. The molecule has 1 aliphatic rings. The standard InChI is InChI=1S/C28H56/c1-4-5-6-7-8-11-14-17-22-27-24-19-20-25-28(27)23-18-15-12-9-10-13-16-21-26(2)3/h26-28H,4-25H2,1-3H3/i25D,27D. The quantitative estimate of drug-likeness (QED) is 0.191. The van der Waals surface area contributed by atoms with Crippen LogP contribution in [0.3, 0.4) is 0 Å². The zero-order valence-corrected chi connectivity index (χ0v) is 20.1. The van der Waals surface area contributed by atoms with Gasteiger partial charge in [0.1, 0.15) is 0 Å². The van der Waals surface area contributed by atoms with Crippen LogP contribution >= 0.6 is 0 Å². The third-order valence-corrected chi connectivity index (χ3v) is 6.83. The molecule has 0 saturated heterocycles. The predicted octanol–water partition coefficient (Wildman–Crippen LogP) is 10.5. The monoisotopic (exact) mass is 394 g/mol. The fourth-order valence-electron chi connectivity index (χ4n) is 4.92. The first-order chi connectivity index (χ1) is 14.5. The Balaban J connectivity index is 2.17. The van der Waals surface area contributed by atoms with Crippen molar-refractivity contribution in [3.05, 3.63) is 0 Å². The summed E-state index contributed by atoms with van der Waals surface area (Å²) in [6.45, 7) is 6.93. The molecule has 0 amide bonds. The summed E-state index contributed by atoms with van der Waals surface area (Å²) in [7, 11) is 0. The van der Waals surface area contributed by atoms with Crippen LogP contribution < -0.4 is 0 Å². The van der Waals surface area contributed by atoms with E-state index in [4.69, 9.17) is 1.37 Å². The largest absolute Gasteiger partial charge is 0.0654 e. The van der Waals surface area contributed by atoms with E-state index in [9.17, 15) is 1.37 Å². The Bertz CT molecular complexity index is 381. The second-order valence-electron chi connectivity index (χ2n) is 10.1. The van der Waals surface area contributed by atoms with Crippen LogP contribution in [0.1, 0.15) is 165 Å². The van der Waals surface area contributed by atoms with Gasteiger partial charge >= 0.3 is 0 Å². The summed E-state index contributed by atoms with van der Waals surface area (Å²) in [4.78, 5) is 0. The fourth-order valence-corrected chi connectivity index (χ4v) is 4.92. The summed E-state index contributed by atoms with van der Waals surface area (Å²) in [5, 5.41) is 0. The second kappa shape index (κ2) is 19.0. The third-order valence-electron chi connectivity index (χ3n) is 6.83. The summed E-state index contributed by atoms with van der Waals surface area (Å²) < 4.78 is 17.8. The lowest BCUT2D eigenvalue weighted by atomic mass is 9.74. The Morgan fingerprint density at radius 2 is 1.25 bits per heavy atom. The molecule has 0 heteroatoms. The van der Waals surface area contributed by atoms with E-state index in [0.717, 1.165) is 38.0 Å². The maximum absolute atomic E-state index is 9.19. The lowest BCUT2D eigenvalue weighted by molar-refractivity contribution is 0.202. The van der Waals surface area contributed by atoms with Crippen molar-refractivity contribution in [3.63, 3.8) is 0 Å². The lowest BCUT2D eigenvalue weighted by Crippen LogP contribution is -2.19. The Labute approximate surface area is 182 Å². The van der Waals surface area contributed by atoms with Crippen LogP contribution in [0.2, 0.25) is 0 Å². The van der Waals surface area contributed by atoms with Gasteiger partial charge in [0.15, 0.2) is 0 Å². The van der Waals surface area contributed by atoms with Crippen molar-refractivity contribution in [2.24, 2.45) is 17.7 Å². The first-order valence-electron chi connectivity index (χ1n) is 14.5. The minimum Gasteiger partial charge on any atom is -0.0654 e. The molecule has 1 fully saturated rings. The molecule has 0 aromatic carbocycles. The summed E-state index contributed by atoms with van der Waals surface area (Å²) in [5.41, 5.74) is 0. The third kappa shape index (κ3) is 14.9. The smallest absolute Gasteiger partial charge is 0.0306 e. The minimum atomic E-state index is -0.288. The number of hydrogen-bond donors (Lipinski definition) is 0. The Morgan fingerprint density at radius 1 is 0.714 bits per heavy atom. The fraction of sp³-hybridized carbons (Fsp3) is 1.00. The first kappa shape index (κ1) is 22.7. The molecule has 1 rings (SSSR count). The van der Waals surface area contributed by atoms with Gasteiger partial charge in [-0.15, -0.1) is 0 Å². The normalized spacial score (nSPS) is 26.4. The molecule has 0 nitrogen and oxygen atoms in total. The van der Waals surface area contributed by atoms with Gasteiger partial charge in [-0.25, -0.2) is 0 Å². The van der Waals surface area contributed by atoms with Crippen molar-refractivity contribution in [1.82, 2.24) is 0 Å². The number of rotatable bonds is 19. The zero-order chi connectivity index (χ0) is 22.1. The summed E-state index contributed by atoms with van der Waals surface area (Å²) in [6.07, 6.45) is 27.1. The number of hydrogen-bond acceptors (Lipinski definition) is 0. The van der Waals surface area contributed by atoms with Crippen molar-refractivity contribution in [2.75, 3.05) is 0 Å².